The fourth-order valence-electron chi connectivity index (χ4n) is 1.92. The molecule has 0 aromatic heterocycles. The number of nitrogens with one attached hydrogen (secondary N) is 2. The average molecular weight is 353 g/mol. The summed E-state index contributed by atoms with van der Waals surface area (Å²) in [5.41, 5.74) is 3.18. The van der Waals surface area contributed by atoms with Crippen LogP contribution in [0.5, 0.6) is 5.75 Å². The van der Waals surface area contributed by atoms with Gasteiger partial charge in [0.05, 0.1) is 12.8 Å². The topological polar surface area (TPSA) is 79.8 Å². The third kappa shape index (κ3) is 5.76. The Morgan fingerprint density at radius 3 is 2.65 bits per heavy atom. The molecule has 0 aliphatic carbocycles. The van der Waals surface area contributed by atoms with Gasteiger partial charge in [-0.25, -0.2) is 9.82 Å². The van der Waals surface area contributed by atoms with Gasteiger partial charge in [0.2, 0.25) is 0 Å². The second kappa shape index (κ2) is 9.59. The summed E-state index contributed by atoms with van der Waals surface area (Å²) in [6.07, 6.45) is 6.56. The molecule has 0 radical (unpaired) electrons. The number of hydrazone groups is 1. The molecule has 6 nitrogen and oxygen atoms in total. The predicted molar refractivity (Wildman–Crippen MR) is 95.2 cm³/mol. The highest BCUT2D eigenvalue weighted by Gasteiger charge is 2.07. The summed E-state index contributed by atoms with van der Waals surface area (Å²) < 4.78 is 18.2. The minimum atomic E-state index is -0.515. The SMILES string of the molecule is C#CCOc1ccccc1C=NNC(=O)CNC(=O)c1ccc(F)cc1. The van der Waals surface area contributed by atoms with E-state index in [-0.39, 0.29) is 18.7 Å². The van der Waals surface area contributed by atoms with Crippen LogP contribution >= 0.6 is 0 Å². The van der Waals surface area contributed by atoms with Crippen molar-refractivity contribution in [2.24, 2.45) is 5.10 Å². The molecule has 0 unspecified atom stereocenters. The van der Waals surface area contributed by atoms with Gasteiger partial charge in [0.15, 0.2) is 0 Å². The van der Waals surface area contributed by atoms with Gasteiger partial charge in [-0.3, -0.25) is 9.59 Å². The van der Waals surface area contributed by atoms with Gasteiger partial charge < -0.3 is 10.1 Å². The molecule has 0 aliphatic rings. The minimum absolute atomic E-state index is 0.118. The number of rotatable bonds is 7. The Kier molecular flexibility index (Phi) is 6.89. The molecule has 0 fully saturated rings. The second-order valence-electron chi connectivity index (χ2n) is 5.01. The highest BCUT2D eigenvalue weighted by Crippen LogP contribution is 2.15. The van der Waals surface area contributed by atoms with Crippen molar-refractivity contribution in [2.45, 2.75) is 0 Å². The van der Waals surface area contributed by atoms with Crippen LogP contribution in [0.1, 0.15) is 15.9 Å². The fourth-order valence-corrected chi connectivity index (χ4v) is 1.92. The first-order valence-electron chi connectivity index (χ1n) is 7.61. The first kappa shape index (κ1) is 18.7. The van der Waals surface area contributed by atoms with Crippen LogP contribution < -0.4 is 15.5 Å². The molecule has 0 bridgehead atoms. The zero-order valence-corrected chi connectivity index (χ0v) is 13.7. The Labute approximate surface area is 150 Å². The molecule has 7 heteroatoms. The third-order valence-electron chi connectivity index (χ3n) is 3.14. The monoisotopic (exact) mass is 353 g/mol. The number of para-hydroxylation sites is 1. The molecule has 0 aliphatic heterocycles. The lowest BCUT2D eigenvalue weighted by atomic mass is 10.2. The molecule has 0 saturated carbocycles. The molecule has 2 amide bonds. The number of terminal acetylenes is 1. The zero-order valence-electron chi connectivity index (χ0n) is 13.7. The molecule has 2 aromatic carbocycles. The van der Waals surface area contributed by atoms with Crippen LogP contribution in [0, 0.1) is 18.2 Å². The Morgan fingerprint density at radius 1 is 1.19 bits per heavy atom. The van der Waals surface area contributed by atoms with E-state index in [0.717, 1.165) is 0 Å². The van der Waals surface area contributed by atoms with Crippen LogP contribution in [0.3, 0.4) is 0 Å². The van der Waals surface area contributed by atoms with Crippen molar-refractivity contribution in [3.8, 4) is 18.1 Å². The van der Waals surface area contributed by atoms with E-state index in [4.69, 9.17) is 11.2 Å². The van der Waals surface area contributed by atoms with E-state index in [2.05, 4.69) is 21.8 Å². The highest BCUT2D eigenvalue weighted by molar-refractivity contribution is 5.96. The summed E-state index contributed by atoms with van der Waals surface area (Å²) >= 11 is 0. The van der Waals surface area contributed by atoms with E-state index < -0.39 is 17.6 Å². The van der Waals surface area contributed by atoms with Gasteiger partial charge in [-0.15, -0.1) is 6.42 Å². The molecular formula is C19H16FN3O3. The van der Waals surface area contributed by atoms with E-state index in [1.165, 1.54) is 30.5 Å². The predicted octanol–water partition coefficient (Wildman–Crippen LogP) is 1.72. The molecule has 2 aromatic rings. The van der Waals surface area contributed by atoms with Crippen molar-refractivity contribution < 1.29 is 18.7 Å². The lowest BCUT2D eigenvalue weighted by Gasteiger charge is -2.06. The Hall–Kier alpha value is -3.66. The number of carbonyl (C=O) groups excluding carboxylic acids is 2. The van der Waals surface area contributed by atoms with Gasteiger partial charge in [-0.1, -0.05) is 18.1 Å². The third-order valence-corrected chi connectivity index (χ3v) is 3.14. The number of hydrogen-bond donors (Lipinski definition) is 2. The lowest BCUT2D eigenvalue weighted by Crippen LogP contribution is -2.34. The van der Waals surface area contributed by atoms with E-state index >= 15 is 0 Å². The Morgan fingerprint density at radius 2 is 1.92 bits per heavy atom. The molecule has 2 N–H and O–H groups in total. The number of nitrogens with zero attached hydrogens (tertiary/aromatic N) is 1. The first-order valence-corrected chi connectivity index (χ1v) is 7.61. The molecule has 0 saturated heterocycles. The van der Waals surface area contributed by atoms with Crippen molar-refractivity contribution >= 4 is 18.0 Å². The van der Waals surface area contributed by atoms with Crippen LogP contribution in [-0.4, -0.2) is 31.2 Å². The van der Waals surface area contributed by atoms with E-state index in [1.54, 1.807) is 24.3 Å². The van der Waals surface area contributed by atoms with Crippen molar-refractivity contribution in [2.75, 3.05) is 13.2 Å². The summed E-state index contributed by atoms with van der Waals surface area (Å²) in [6.45, 7) is -0.157. The number of halogens is 1. The van der Waals surface area contributed by atoms with Gasteiger partial charge in [-0.05, 0) is 36.4 Å². The largest absolute Gasteiger partial charge is 0.480 e. The standard InChI is InChI=1S/C19H16FN3O3/c1-2-11-26-17-6-4-3-5-15(17)12-22-23-18(24)13-21-19(25)14-7-9-16(20)10-8-14/h1,3-10,12H,11,13H2,(H,21,25)(H,23,24). The molecule has 132 valence electrons. The molecule has 2 rings (SSSR count). The maximum Gasteiger partial charge on any atom is 0.259 e. The number of hydrogen-bond acceptors (Lipinski definition) is 4. The van der Waals surface area contributed by atoms with Gasteiger partial charge in [0.1, 0.15) is 18.2 Å². The van der Waals surface area contributed by atoms with E-state index in [9.17, 15) is 14.0 Å². The van der Waals surface area contributed by atoms with Crippen molar-refractivity contribution in [1.29, 1.82) is 0 Å². The lowest BCUT2D eigenvalue weighted by molar-refractivity contribution is -0.120. The van der Waals surface area contributed by atoms with Crippen molar-refractivity contribution in [3.05, 3.63) is 65.5 Å². The quantitative estimate of drug-likeness (QED) is 0.452. The summed E-state index contributed by atoms with van der Waals surface area (Å²) in [6, 6.07) is 12.0. The number of ether oxygens (including phenoxy) is 1. The number of benzene rings is 2. The Balaban J connectivity index is 1.83. The van der Waals surface area contributed by atoms with Gasteiger partial charge in [0.25, 0.3) is 11.8 Å². The van der Waals surface area contributed by atoms with Crippen LogP contribution in [0.15, 0.2) is 53.6 Å². The summed E-state index contributed by atoms with van der Waals surface area (Å²) in [5, 5.41) is 6.23. The average Bonchev–Trinajstić information content (AvgIpc) is 2.66. The Bertz CT molecular complexity index is 842. The van der Waals surface area contributed by atoms with Crippen LogP contribution in [-0.2, 0) is 4.79 Å². The smallest absolute Gasteiger partial charge is 0.259 e. The molecule has 0 spiro atoms. The van der Waals surface area contributed by atoms with Crippen molar-refractivity contribution in [1.82, 2.24) is 10.7 Å². The maximum absolute atomic E-state index is 12.8. The van der Waals surface area contributed by atoms with E-state index in [1.807, 2.05) is 0 Å². The maximum atomic E-state index is 12.8. The van der Waals surface area contributed by atoms with E-state index in [0.29, 0.717) is 11.3 Å². The summed E-state index contributed by atoms with van der Waals surface area (Å²) in [4.78, 5) is 23.5. The second-order valence-corrected chi connectivity index (χ2v) is 5.01. The van der Waals surface area contributed by atoms with Gasteiger partial charge in [-0.2, -0.15) is 5.10 Å². The molecule has 0 atom stereocenters. The first-order chi connectivity index (χ1) is 12.6. The highest BCUT2D eigenvalue weighted by atomic mass is 19.1. The summed E-state index contributed by atoms with van der Waals surface area (Å²) in [5.74, 6) is 1.45. The summed E-state index contributed by atoms with van der Waals surface area (Å²) in [7, 11) is 0. The number of carbonyl (C=O) groups is 2. The van der Waals surface area contributed by atoms with Crippen LogP contribution in [0.2, 0.25) is 0 Å². The zero-order chi connectivity index (χ0) is 18.8. The fraction of sp³-hybridized carbons (Fsp3) is 0.105. The van der Waals surface area contributed by atoms with Gasteiger partial charge in [0, 0.05) is 11.1 Å². The van der Waals surface area contributed by atoms with Crippen molar-refractivity contribution in [3.63, 3.8) is 0 Å². The van der Waals surface area contributed by atoms with Crippen LogP contribution in [0.4, 0.5) is 4.39 Å². The normalized spacial score (nSPS) is 10.2. The minimum Gasteiger partial charge on any atom is -0.480 e. The molecule has 26 heavy (non-hydrogen) atoms. The van der Waals surface area contributed by atoms with Crippen LogP contribution in [0.25, 0.3) is 0 Å². The molecule has 0 heterocycles. The molecular weight excluding hydrogens is 337 g/mol. The van der Waals surface area contributed by atoms with Gasteiger partial charge >= 0.3 is 0 Å². The number of amides is 2.